The van der Waals surface area contributed by atoms with Gasteiger partial charge >= 0.3 is 0 Å². The normalized spacial score (nSPS) is 16.1. The van der Waals surface area contributed by atoms with Crippen molar-refractivity contribution in [3.05, 3.63) is 84.2 Å². The molecule has 0 saturated heterocycles. The molecule has 1 atom stereocenters. The van der Waals surface area contributed by atoms with Crippen LogP contribution >= 0.6 is 0 Å². The van der Waals surface area contributed by atoms with E-state index >= 15 is 0 Å². The molecule has 0 spiro atoms. The van der Waals surface area contributed by atoms with Crippen LogP contribution in [-0.4, -0.2) is 17.3 Å². The molecule has 0 fully saturated rings. The lowest BCUT2D eigenvalue weighted by atomic mass is 9.99. The number of benzene rings is 2. The van der Waals surface area contributed by atoms with Crippen LogP contribution in [0.25, 0.3) is 0 Å². The SMILES string of the molecule is COc1cccc2c1ON(Nc1ccncc1)C2Cc1ccccc1. The minimum atomic E-state index is 0.0284. The Morgan fingerprint density at radius 1 is 1.04 bits per heavy atom. The zero-order chi connectivity index (χ0) is 17.1. The molecule has 1 unspecified atom stereocenters. The Labute approximate surface area is 146 Å². The van der Waals surface area contributed by atoms with Crippen LogP contribution in [-0.2, 0) is 6.42 Å². The molecule has 4 rings (SSSR count). The van der Waals surface area contributed by atoms with Gasteiger partial charge < -0.3 is 9.57 Å². The number of hydroxylamine groups is 1. The molecule has 3 aromatic rings. The van der Waals surface area contributed by atoms with Crippen LogP contribution in [0, 0.1) is 0 Å². The number of hydrazine groups is 1. The number of para-hydroxylation sites is 1. The average Bonchev–Trinajstić information content (AvgIpc) is 3.01. The van der Waals surface area contributed by atoms with E-state index in [1.807, 2.05) is 30.3 Å². The van der Waals surface area contributed by atoms with Crippen molar-refractivity contribution in [2.75, 3.05) is 12.5 Å². The summed E-state index contributed by atoms with van der Waals surface area (Å²) in [6.45, 7) is 0. The fourth-order valence-electron chi connectivity index (χ4n) is 3.03. The van der Waals surface area contributed by atoms with Crippen LogP contribution in [0.2, 0.25) is 0 Å². The predicted octanol–water partition coefficient (Wildman–Crippen LogP) is 4.01. The third-order valence-corrected chi connectivity index (χ3v) is 4.25. The van der Waals surface area contributed by atoms with Crippen molar-refractivity contribution < 1.29 is 9.57 Å². The summed E-state index contributed by atoms with van der Waals surface area (Å²) in [5, 5.41) is 1.79. The van der Waals surface area contributed by atoms with Crippen LogP contribution < -0.4 is 15.0 Å². The summed E-state index contributed by atoms with van der Waals surface area (Å²) in [6.07, 6.45) is 4.32. The molecule has 1 N–H and O–H groups in total. The van der Waals surface area contributed by atoms with Gasteiger partial charge in [-0.3, -0.25) is 10.4 Å². The fourth-order valence-corrected chi connectivity index (χ4v) is 3.03. The highest BCUT2D eigenvalue weighted by Crippen LogP contribution is 2.44. The van der Waals surface area contributed by atoms with Crippen molar-refractivity contribution in [1.82, 2.24) is 10.2 Å². The minimum Gasteiger partial charge on any atom is -0.493 e. The molecule has 0 amide bonds. The number of aromatic nitrogens is 1. The van der Waals surface area contributed by atoms with Crippen molar-refractivity contribution in [3.63, 3.8) is 0 Å². The first kappa shape index (κ1) is 15.5. The number of fused-ring (bicyclic) bond motifs is 1. The Hall–Kier alpha value is -3.05. The predicted molar refractivity (Wildman–Crippen MR) is 96.2 cm³/mol. The van der Waals surface area contributed by atoms with Gasteiger partial charge in [-0.1, -0.05) is 42.5 Å². The number of ether oxygens (including phenoxy) is 1. The molecule has 5 heteroatoms. The van der Waals surface area contributed by atoms with Gasteiger partial charge in [0.25, 0.3) is 0 Å². The van der Waals surface area contributed by atoms with E-state index in [1.54, 1.807) is 24.7 Å². The van der Waals surface area contributed by atoms with Crippen LogP contribution in [0.5, 0.6) is 11.5 Å². The summed E-state index contributed by atoms with van der Waals surface area (Å²) in [5.41, 5.74) is 6.59. The molecule has 0 saturated carbocycles. The number of nitrogens with one attached hydrogen (secondary N) is 1. The lowest BCUT2D eigenvalue weighted by molar-refractivity contribution is -0.0462. The molecule has 0 bridgehead atoms. The molecule has 2 aromatic carbocycles. The zero-order valence-corrected chi connectivity index (χ0v) is 13.9. The van der Waals surface area contributed by atoms with E-state index in [1.165, 1.54) is 5.56 Å². The zero-order valence-electron chi connectivity index (χ0n) is 13.9. The van der Waals surface area contributed by atoms with Gasteiger partial charge in [0.1, 0.15) is 6.04 Å². The quantitative estimate of drug-likeness (QED) is 0.764. The molecular weight excluding hydrogens is 314 g/mol. The van der Waals surface area contributed by atoms with E-state index in [4.69, 9.17) is 9.57 Å². The second kappa shape index (κ2) is 6.83. The first-order chi connectivity index (χ1) is 12.3. The summed E-state index contributed by atoms with van der Waals surface area (Å²) >= 11 is 0. The van der Waals surface area contributed by atoms with Crippen LogP contribution in [0.1, 0.15) is 17.2 Å². The van der Waals surface area contributed by atoms with Crippen molar-refractivity contribution in [3.8, 4) is 11.5 Å². The first-order valence-corrected chi connectivity index (χ1v) is 8.20. The van der Waals surface area contributed by atoms with Crippen LogP contribution in [0.4, 0.5) is 5.69 Å². The lowest BCUT2D eigenvalue weighted by Gasteiger charge is -2.24. The van der Waals surface area contributed by atoms with Gasteiger partial charge in [0.2, 0.25) is 0 Å². The smallest absolute Gasteiger partial charge is 0.196 e. The van der Waals surface area contributed by atoms with Crippen molar-refractivity contribution in [1.29, 1.82) is 0 Å². The van der Waals surface area contributed by atoms with Crippen molar-refractivity contribution >= 4 is 5.69 Å². The molecule has 0 radical (unpaired) electrons. The van der Waals surface area contributed by atoms with E-state index in [-0.39, 0.29) is 6.04 Å². The van der Waals surface area contributed by atoms with E-state index in [0.29, 0.717) is 0 Å². The molecule has 126 valence electrons. The standard InChI is InChI=1S/C20H19N3O2/c1-24-19-9-5-8-17-18(14-15-6-3-2-4-7-15)23(25-20(17)19)22-16-10-12-21-13-11-16/h2-13,18H,14H2,1H3,(H,21,22). The second-order valence-electron chi connectivity index (χ2n) is 5.85. The first-order valence-electron chi connectivity index (χ1n) is 8.20. The number of anilines is 1. The third-order valence-electron chi connectivity index (χ3n) is 4.25. The molecule has 1 aliphatic heterocycles. The number of pyridine rings is 1. The lowest BCUT2D eigenvalue weighted by Crippen LogP contribution is -2.33. The number of rotatable bonds is 5. The Kier molecular flexibility index (Phi) is 4.23. The molecule has 1 aliphatic rings. The summed E-state index contributed by atoms with van der Waals surface area (Å²) in [5.74, 6) is 1.49. The largest absolute Gasteiger partial charge is 0.493 e. The van der Waals surface area contributed by atoms with Gasteiger partial charge in [-0.2, -0.15) is 0 Å². The number of hydrogen-bond acceptors (Lipinski definition) is 5. The van der Waals surface area contributed by atoms with Crippen molar-refractivity contribution in [2.24, 2.45) is 0 Å². The highest BCUT2D eigenvalue weighted by Gasteiger charge is 2.35. The van der Waals surface area contributed by atoms with Gasteiger partial charge in [0.15, 0.2) is 11.5 Å². The van der Waals surface area contributed by atoms with Gasteiger partial charge in [-0.15, -0.1) is 0 Å². The van der Waals surface area contributed by atoms with Gasteiger partial charge in [-0.25, -0.2) is 0 Å². The molecule has 1 aromatic heterocycles. The third kappa shape index (κ3) is 3.14. The molecule has 2 heterocycles. The Morgan fingerprint density at radius 3 is 2.60 bits per heavy atom. The topological polar surface area (TPSA) is 46.6 Å². The summed E-state index contributed by atoms with van der Waals surface area (Å²) < 4.78 is 5.46. The minimum absolute atomic E-state index is 0.0284. The Balaban J connectivity index is 1.67. The summed E-state index contributed by atoms with van der Waals surface area (Å²) in [4.78, 5) is 10.1. The highest BCUT2D eigenvalue weighted by molar-refractivity contribution is 5.51. The highest BCUT2D eigenvalue weighted by atomic mass is 16.7. The molecule has 5 nitrogen and oxygen atoms in total. The second-order valence-corrected chi connectivity index (χ2v) is 5.85. The number of hydrogen-bond donors (Lipinski definition) is 1. The van der Waals surface area contributed by atoms with E-state index < -0.39 is 0 Å². The number of nitrogens with zero attached hydrogens (tertiary/aromatic N) is 2. The summed E-state index contributed by atoms with van der Waals surface area (Å²) in [6, 6.07) is 20.2. The van der Waals surface area contributed by atoms with E-state index in [0.717, 1.165) is 29.2 Å². The van der Waals surface area contributed by atoms with Crippen molar-refractivity contribution in [2.45, 2.75) is 12.5 Å². The maximum atomic E-state index is 6.09. The fraction of sp³-hybridized carbons (Fsp3) is 0.150. The van der Waals surface area contributed by atoms with E-state index in [2.05, 4.69) is 40.7 Å². The van der Waals surface area contributed by atoms with Gasteiger partial charge in [-0.05, 0) is 35.4 Å². The molecule has 0 aliphatic carbocycles. The monoisotopic (exact) mass is 333 g/mol. The van der Waals surface area contributed by atoms with Crippen LogP contribution in [0.15, 0.2) is 73.1 Å². The van der Waals surface area contributed by atoms with Gasteiger partial charge in [0, 0.05) is 18.0 Å². The number of methoxy groups -OCH3 is 1. The Morgan fingerprint density at radius 2 is 1.84 bits per heavy atom. The maximum Gasteiger partial charge on any atom is 0.196 e. The van der Waals surface area contributed by atoms with E-state index in [9.17, 15) is 0 Å². The average molecular weight is 333 g/mol. The summed E-state index contributed by atoms with van der Waals surface area (Å²) in [7, 11) is 1.66. The molecular formula is C20H19N3O2. The van der Waals surface area contributed by atoms with Crippen LogP contribution in [0.3, 0.4) is 0 Å². The maximum absolute atomic E-state index is 6.09. The molecule has 25 heavy (non-hydrogen) atoms. The Bertz CT molecular complexity index is 840. The van der Waals surface area contributed by atoms with Gasteiger partial charge in [0.05, 0.1) is 12.8 Å².